The maximum atomic E-state index is 12.1. The van der Waals surface area contributed by atoms with Gasteiger partial charge in [0.15, 0.2) is 5.03 Å². The lowest BCUT2D eigenvalue weighted by molar-refractivity contribution is 0.583. The fourth-order valence-corrected chi connectivity index (χ4v) is 3.27. The number of fused-ring (bicyclic) bond motifs is 1. The second-order valence-corrected chi connectivity index (χ2v) is 7.11. The minimum absolute atomic E-state index is 0.0593. The highest BCUT2D eigenvalue weighted by atomic mass is 32.2. The van der Waals surface area contributed by atoms with Gasteiger partial charge in [0.25, 0.3) is 15.6 Å². The number of aromatic nitrogens is 3. The summed E-state index contributed by atoms with van der Waals surface area (Å²) < 4.78 is 29.4. The lowest BCUT2D eigenvalue weighted by Gasteiger charge is -2.08. The number of pyridine rings is 2. The number of imidazole rings is 1. The van der Waals surface area contributed by atoms with Crippen LogP contribution in [0.1, 0.15) is 5.56 Å². The summed E-state index contributed by atoms with van der Waals surface area (Å²) in [5, 5.41) is 0.0680. The van der Waals surface area contributed by atoms with E-state index in [-0.39, 0.29) is 10.6 Å². The highest BCUT2D eigenvalue weighted by Gasteiger charge is 2.17. The normalized spacial score (nSPS) is 12.0. The summed E-state index contributed by atoms with van der Waals surface area (Å²) in [6.45, 7) is 1.75. The Labute approximate surface area is 133 Å². The largest absolute Gasteiger partial charge is 0.318 e. The molecule has 3 aromatic heterocycles. The number of nitrogens with one attached hydrogen (secondary N) is 1. The fourth-order valence-electron chi connectivity index (χ4n) is 2.47. The number of rotatable bonds is 3. The predicted molar refractivity (Wildman–Crippen MR) is 86.9 cm³/mol. The van der Waals surface area contributed by atoms with E-state index in [0.29, 0.717) is 11.2 Å². The van der Waals surface area contributed by atoms with Crippen LogP contribution in [0.15, 0.2) is 46.6 Å². The topological polar surface area (TPSA) is 85.5 Å². The Morgan fingerprint density at radius 3 is 2.57 bits per heavy atom. The van der Waals surface area contributed by atoms with Gasteiger partial charge in [0.2, 0.25) is 0 Å². The van der Waals surface area contributed by atoms with Crippen molar-refractivity contribution in [1.82, 2.24) is 18.7 Å². The second kappa shape index (κ2) is 5.32. The first-order valence-electron chi connectivity index (χ1n) is 6.92. The Morgan fingerprint density at radius 2 is 1.91 bits per heavy atom. The molecule has 1 N–H and O–H groups in total. The van der Waals surface area contributed by atoms with Gasteiger partial charge in [-0.05, 0) is 43.3 Å². The Hall–Kier alpha value is -2.45. The van der Waals surface area contributed by atoms with Crippen molar-refractivity contribution in [3.05, 3.63) is 52.7 Å². The molecular formula is C15H16N4O3S. The number of aryl methyl sites for hydroxylation is 2. The molecule has 120 valence electrons. The van der Waals surface area contributed by atoms with Crippen molar-refractivity contribution >= 4 is 15.7 Å². The molecule has 0 saturated carbocycles. The van der Waals surface area contributed by atoms with Gasteiger partial charge in [-0.2, -0.15) is 0 Å². The van der Waals surface area contributed by atoms with Crippen LogP contribution >= 0.6 is 0 Å². The van der Waals surface area contributed by atoms with E-state index in [0.717, 1.165) is 11.1 Å². The van der Waals surface area contributed by atoms with Crippen LogP contribution in [0, 0.1) is 6.92 Å². The van der Waals surface area contributed by atoms with Crippen molar-refractivity contribution < 1.29 is 8.42 Å². The van der Waals surface area contributed by atoms with Crippen LogP contribution in [0.2, 0.25) is 0 Å². The molecular weight excluding hydrogens is 316 g/mol. The number of sulfonamides is 1. The van der Waals surface area contributed by atoms with Crippen LogP contribution in [0.3, 0.4) is 0 Å². The maximum Gasteiger partial charge on any atom is 0.257 e. The van der Waals surface area contributed by atoms with Gasteiger partial charge < -0.3 is 4.57 Å². The highest BCUT2D eigenvalue weighted by molar-refractivity contribution is 7.89. The molecule has 0 bridgehead atoms. The average Bonchev–Trinajstić information content (AvgIpc) is 2.95. The molecule has 0 aliphatic heterocycles. The molecule has 0 aromatic carbocycles. The molecule has 7 nitrogen and oxygen atoms in total. The molecule has 3 heterocycles. The third kappa shape index (κ3) is 2.55. The first kappa shape index (κ1) is 15.4. The summed E-state index contributed by atoms with van der Waals surface area (Å²) in [4.78, 5) is 15.9. The minimum atomic E-state index is -3.61. The van der Waals surface area contributed by atoms with Crippen LogP contribution in [0.4, 0.5) is 0 Å². The van der Waals surface area contributed by atoms with E-state index in [9.17, 15) is 13.2 Å². The first-order chi connectivity index (χ1) is 10.8. The molecule has 0 fully saturated rings. The summed E-state index contributed by atoms with van der Waals surface area (Å²) in [6.07, 6.45) is 4.74. The summed E-state index contributed by atoms with van der Waals surface area (Å²) in [5.74, 6) is 0. The molecule has 0 radical (unpaired) electrons. The Kier molecular flexibility index (Phi) is 3.57. The van der Waals surface area contributed by atoms with Crippen LogP contribution in [-0.4, -0.2) is 29.4 Å². The molecule has 3 aromatic rings. The third-order valence-corrected chi connectivity index (χ3v) is 5.10. The van der Waals surface area contributed by atoms with E-state index in [4.69, 9.17) is 0 Å². The van der Waals surface area contributed by atoms with Gasteiger partial charge in [0, 0.05) is 25.0 Å². The van der Waals surface area contributed by atoms with Crippen LogP contribution in [-0.2, 0) is 17.1 Å². The van der Waals surface area contributed by atoms with Crippen molar-refractivity contribution in [3.63, 3.8) is 0 Å². The standard InChI is InChI=1S/C15H16N4O3S/c1-10-6-12(8-18(3)15(10)20)11-4-5-13-17-7-14(19(13)9-11)23(21,22)16-2/h4-9,16H,1-3H3. The Balaban J connectivity index is 2.25. The van der Waals surface area contributed by atoms with Crippen molar-refractivity contribution in [2.75, 3.05) is 7.05 Å². The molecule has 8 heteroatoms. The number of hydrogen-bond acceptors (Lipinski definition) is 4. The van der Waals surface area contributed by atoms with E-state index >= 15 is 0 Å². The van der Waals surface area contributed by atoms with Gasteiger partial charge in [-0.3, -0.25) is 9.20 Å². The second-order valence-electron chi connectivity index (χ2n) is 5.28. The maximum absolute atomic E-state index is 12.1. The summed E-state index contributed by atoms with van der Waals surface area (Å²) >= 11 is 0. The molecule has 0 unspecified atom stereocenters. The van der Waals surface area contributed by atoms with Gasteiger partial charge in [-0.15, -0.1) is 0 Å². The first-order valence-corrected chi connectivity index (χ1v) is 8.40. The molecule has 0 amide bonds. The summed E-state index contributed by atoms with van der Waals surface area (Å²) in [7, 11) is -0.566. The van der Waals surface area contributed by atoms with Crippen molar-refractivity contribution in [1.29, 1.82) is 0 Å². The lowest BCUT2D eigenvalue weighted by Crippen LogP contribution is -2.20. The number of hydrogen-bond donors (Lipinski definition) is 1. The van der Waals surface area contributed by atoms with E-state index in [2.05, 4.69) is 9.71 Å². The zero-order chi connectivity index (χ0) is 16.8. The fraction of sp³-hybridized carbons (Fsp3) is 0.200. The van der Waals surface area contributed by atoms with Gasteiger partial charge >= 0.3 is 0 Å². The minimum Gasteiger partial charge on any atom is -0.318 e. The monoisotopic (exact) mass is 332 g/mol. The van der Waals surface area contributed by atoms with Crippen molar-refractivity contribution in [3.8, 4) is 11.1 Å². The molecule has 0 aliphatic rings. The van der Waals surface area contributed by atoms with E-state index in [1.165, 1.54) is 22.2 Å². The molecule has 0 aliphatic carbocycles. The van der Waals surface area contributed by atoms with E-state index < -0.39 is 10.0 Å². The van der Waals surface area contributed by atoms with Crippen molar-refractivity contribution in [2.24, 2.45) is 7.05 Å². The molecule has 0 atom stereocenters. The quantitative estimate of drug-likeness (QED) is 0.773. The lowest BCUT2D eigenvalue weighted by atomic mass is 10.1. The molecule has 3 rings (SSSR count). The van der Waals surface area contributed by atoms with E-state index in [1.807, 2.05) is 6.07 Å². The van der Waals surface area contributed by atoms with Crippen LogP contribution in [0.25, 0.3) is 16.8 Å². The Bertz CT molecular complexity index is 1040. The van der Waals surface area contributed by atoms with E-state index in [1.54, 1.807) is 38.5 Å². The summed E-state index contributed by atoms with van der Waals surface area (Å²) in [5.41, 5.74) is 2.72. The zero-order valence-electron chi connectivity index (χ0n) is 12.9. The highest BCUT2D eigenvalue weighted by Crippen LogP contribution is 2.21. The van der Waals surface area contributed by atoms with Gasteiger partial charge in [-0.25, -0.2) is 18.1 Å². The third-order valence-electron chi connectivity index (χ3n) is 3.71. The van der Waals surface area contributed by atoms with Gasteiger partial charge in [0.05, 0.1) is 6.20 Å². The molecule has 23 heavy (non-hydrogen) atoms. The zero-order valence-corrected chi connectivity index (χ0v) is 13.8. The Morgan fingerprint density at radius 1 is 1.17 bits per heavy atom. The van der Waals surface area contributed by atoms with Crippen molar-refractivity contribution in [2.45, 2.75) is 11.9 Å². The molecule has 0 saturated heterocycles. The number of nitrogens with zero attached hydrogens (tertiary/aromatic N) is 3. The van der Waals surface area contributed by atoms with Crippen LogP contribution in [0.5, 0.6) is 0 Å². The smallest absolute Gasteiger partial charge is 0.257 e. The summed E-state index contributed by atoms with van der Waals surface area (Å²) in [6, 6.07) is 5.37. The van der Waals surface area contributed by atoms with Gasteiger partial charge in [0.1, 0.15) is 5.65 Å². The van der Waals surface area contributed by atoms with Crippen LogP contribution < -0.4 is 10.3 Å². The average molecular weight is 332 g/mol. The van der Waals surface area contributed by atoms with Gasteiger partial charge in [-0.1, -0.05) is 0 Å². The SMILES string of the molecule is CNS(=O)(=O)c1cnc2ccc(-c3cc(C)c(=O)n(C)c3)cn12. The molecule has 0 spiro atoms. The predicted octanol–water partition coefficient (Wildman–Crippen LogP) is 0.917.